The Morgan fingerprint density at radius 1 is 1.14 bits per heavy atom. The lowest BCUT2D eigenvalue weighted by Crippen LogP contribution is -2.26. The molecular weight excluding hydrogens is 405 g/mol. The van der Waals surface area contributed by atoms with Gasteiger partial charge in [-0.3, -0.25) is 4.98 Å². The number of nitrogens with zero attached hydrogens (tertiary/aromatic N) is 6. The summed E-state index contributed by atoms with van der Waals surface area (Å²) in [7, 11) is 0. The highest BCUT2D eigenvalue weighted by Crippen LogP contribution is 2.52. The van der Waals surface area contributed by atoms with Gasteiger partial charge in [0.1, 0.15) is 22.7 Å². The topological polar surface area (TPSA) is 76.9 Å². The van der Waals surface area contributed by atoms with Crippen molar-refractivity contribution in [3.63, 3.8) is 0 Å². The maximum absolute atomic E-state index is 12.7. The van der Waals surface area contributed by atoms with Crippen LogP contribution >= 0.6 is 11.3 Å². The predicted octanol–water partition coefficient (Wildman–Crippen LogP) is 3.17. The van der Waals surface area contributed by atoms with Crippen LogP contribution in [0.4, 0.5) is 19.0 Å². The molecule has 2 aliphatic rings. The summed E-state index contributed by atoms with van der Waals surface area (Å²) in [6.45, 7) is 2.01. The molecule has 2 fully saturated rings. The standard InChI is InChI=1S/C18H15F3N6OS/c19-18(20,21)14-2-1-3-16(25-14)28-8-12-10-6-27(7-11(10)12)15-5-22-4-13(24-15)17-26-23-9-29-17/h1-5,9-12H,6-8H2. The van der Waals surface area contributed by atoms with Crippen LogP contribution in [0.2, 0.25) is 0 Å². The average molecular weight is 420 g/mol. The normalized spacial score (nSPS) is 23.1. The van der Waals surface area contributed by atoms with Gasteiger partial charge >= 0.3 is 6.18 Å². The zero-order valence-corrected chi connectivity index (χ0v) is 15.8. The van der Waals surface area contributed by atoms with E-state index in [1.54, 1.807) is 17.9 Å². The lowest BCUT2D eigenvalue weighted by molar-refractivity contribution is -0.141. The highest BCUT2D eigenvalue weighted by molar-refractivity contribution is 7.12. The van der Waals surface area contributed by atoms with E-state index < -0.39 is 11.9 Å². The molecule has 1 saturated heterocycles. The quantitative estimate of drug-likeness (QED) is 0.627. The first kappa shape index (κ1) is 18.2. The molecule has 3 aromatic heterocycles. The number of hydrogen-bond donors (Lipinski definition) is 0. The summed E-state index contributed by atoms with van der Waals surface area (Å²) in [6, 6.07) is 3.70. The molecule has 1 saturated carbocycles. The maximum atomic E-state index is 12.7. The molecule has 4 heterocycles. The first-order chi connectivity index (χ1) is 14.0. The van der Waals surface area contributed by atoms with Crippen LogP contribution in [0.3, 0.4) is 0 Å². The van der Waals surface area contributed by atoms with Gasteiger partial charge in [0.25, 0.3) is 0 Å². The number of piperidine rings is 1. The molecule has 0 amide bonds. The Morgan fingerprint density at radius 3 is 2.69 bits per heavy atom. The zero-order chi connectivity index (χ0) is 20.0. The molecule has 1 aliphatic carbocycles. The molecule has 150 valence electrons. The van der Waals surface area contributed by atoms with Crippen molar-refractivity contribution < 1.29 is 17.9 Å². The molecule has 0 spiro atoms. The Balaban J connectivity index is 1.18. The molecule has 1 aliphatic heterocycles. The van der Waals surface area contributed by atoms with E-state index in [0.717, 1.165) is 30.0 Å². The van der Waals surface area contributed by atoms with Crippen LogP contribution in [0.15, 0.2) is 36.1 Å². The molecule has 0 radical (unpaired) electrons. The van der Waals surface area contributed by atoms with Crippen molar-refractivity contribution in [2.24, 2.45) is 17.8 Å². The fourth-order valence-corrected chi connectivity index (χ4v) is 4.32. The van der Waals surface area contributed by atoms with Crippen LogP contribution in [0.25, 0.3) is 10.7 Å². The van der Waals surface area contributed by atoms with Gasteiger partial charge in [-0.2, -0.15) is 13.2 Å². The highest BCUT2D eigenvalue weighted by atomic mass is 32.1. The number of anilines is 1. The van der Waals surface area contributed by atoms with Crippen LogP contribution < -0.4 is 9.64 Å². The molecule has 0 bridgehead atoms. The summed E-state index contributed by atoms with van der Waals surface area (Å²) in [5, 5.41) is 8.57. The summed E-state index contributed by atoms with van der Waals surface area (Å²) in [6.07, 6.45) is -1.08. The van der Waals surface area contributed by atoms with Crippen LogP contribution in [0.5, 0.6) is 5.88 Å². The van der Waals surface area contributed by atoms with Gasteiger partial charge in [0.05, 0.1) is 19.0 Å². The predicted molar refractivity (Wildman–Crippen MR) is 98.4 cm³/mol. The Labute approximate surface area is 167 Å². The summed E-state index contributed by atoms with van der Waals surface area (Å²) in [5.74, 6) is 2.00. The van der Waals surface area contributed by atoms with Crippen molar-refractivity contribution in [2.75, 3.05) is 24.6 Å². The third-order valence-electron chi connectivity index (χ3n) is 5.33. The SMILES string of the molecule is FC(F)(F)c1cccc(OCC2C3CN(c4cncc(-c5nncs5)n4)CC23)n1. The van der Waals surface area contributed by atoms with Crippen LogP contribution in [0, 0.1) is 17.8 Å². The van der Waals surface area contributed by atoms with Crippen LogP contribution in [0.1, 0.15) is 5.69 Å². The molecule has 29 heavy (non-hydrogen) atoms. The molecule has 0 aromatic carbocycles. The molecule has 2 atom stereocenters. The van der Waals surface area contributed by atoms with Crippen molar-refractivity contribution in [2.45, 2.75) is 6.18 Å². The number of alkyl halides is 3. The first-order valence-corrected chi connectivity index (χ1v) is 9.87. The van der Waals surface area contributed by atoms with E-state index in [0.29, 0.717) is 30.1 Å². The van der Waals surface area contributed by atoms with E-state index in [-0.39, 0.29) is 5.88 Å². The molecule has 7 nitrogen and oxygen atoms in total. The number of hydrogen-bond acceptors (Lipinski definition) is 8. The number of fused-ring (bicyclic) bond motifs is 1. The van der Waals surface area contributed by atoms with Crippen molar-refractivity contribution in [3.05, 3.63) is 41.8 Å². The van der Waals surface area contributed by atoms with E-state index in [4.69, 9.17) is 4.74 Å². The summed E-state index contributed by atoms with van der Waals surface area (Å²) in [4.78, 5) is 14.6. The van der Waals surface area contributed by atoms with E-state index >= 15 is 0 Å². The van der Waals surface area contributed by atoms with Gasteiger partial charge in [-0.05, 0) is 17.9 Å². The van der Waals surface area contributed by atoms with Crippen LogP contribution in [-0.2, 0) is 6.18 Å². The van der Waals surface area contributed by atoms with Crippen molar-refractivity contribution in [3.8, 4) is 16.6 Å². The minimum absolute atomic E-state index is 0.0114. The van der Waals surface area contributed by atoms with Crippen molar-refractivity contribution in [1.29, 1.82) is 0 Å². The second-order valence-corrected chi connectivity index (χ2v) is 7.91. The largest absolute Gasteiger partial charge is 0.477 e. The minimum atomic E-state index is -4.47. The van der Waals surface area contributed by atoms with Gasteiger partial charge in [-0.25, -0.2) is 9.97 Å². The minimum Gasteiger partial charge on any atom is -0.477 e. The van der Waals surface area contributed by atoms with E-state index in [9.17, 15) is 13.2 Å². The van der Waals surface area contributed by atoms with Gasteiger partial charge in [0, 0.05) is 25.1 Å². The number of pyridine rings is 1. The van der Waals surface area contributed by atoms with Crippen LogP contribution in [-0.4, -0.2) is 44.8 Å². The van der Waals surface area contributed by atoms with Gasteiger partial charge < -0.3 is 9.64 Å². The molecule has 2 unspecified atom stereocenters. The van der Waals surface area contributed by atoms with E-state index in [1.165, 1.54) is 23.5 Å². The Hall–Kier alpha value is -2.82. The Kier molecular flexibility index (Phi) is 4.34. The summed E-state index contributed by atoms with van der Waals surface area (Å²) >= 11 is 1.41. The molecule has 11 heteroatoms. The van der Waals surface area contributed by atoms with E-state index in [1.807, 2.05) is 0 Å². The lowest BCUT2D eigenvalue weighted by Gasteiger charge is -2.20. The first-order valence-electron chi connectivity index (χ1n) is 8.99. The fraction of sp³-hybridized carbons (Fsp3) is 0.389. The third-order valence-corrected chi connectivity index (χ3v) is 6.05. The molecule has 0 N–H and O–H groups in total. The van der Waals surface area contributed by atoms with Gasteiger partial charge in [0.15, 0.2) is 5.01 Å². The van der Waals surface area contributed by atoms with Crippen molar-refractivity contribution in [1.82, 2.24) is 25.1 Å². The lowest BCUT2D eigenvalue weighted by atomic mass is 10.3. The zero-order valence-electron chi connectivity index (χ0n) is 15.0. The van der Waals surface area contributed by atoms with Gasteiger partial charge in [0.2, 0.25) is 5.88 Å². The smallest absolute Gasteiger partial charge is 0.433 e. The monoisotopic (exact) mass is 420 g/mol. The number of rotatable bonds is 5. The summed E-state index contributed by atoms with van der Waals surface area (Å²) in [5.41, 5.74) is 1.41. The van der Waals surface area contributed by atoms with Crippen molar-refractivity contribution >= 4 is 17.2 Å². The number of halogens is 3. The Morgan fingerprint density at radius 2 is 1.97 bits per heavy atom. The molecular formula is C18H15F3N6OS. The maximum Gasteiger partial charge on any atom is 0.433 e. The highest BCUT2D eigenvalue weighted by Gasteiger charge is 2.56. The Bertz CT molecular complexity index is 1000. The third kappa shape index (κ3) is 3.61. The average Bonchev–Trinajstić information content (AvgIpc) is 3.14. The second-order valence-electron chi connectivity index (χ2n) is 7.07. The second kappa shape index (κ2) is 6.90. The number of aromatic nitrogens is 5. The summed E-state index contributed by atoms with van der Waals surface area (Å²) < 4.78 is 43.8. The number of ether oxygens (including phenoxy) is 1. The molecule has 5 rings (SSSR count). The van der Waals surface area contributed by atoms with E-state index in [2.05, 4.69) is 30.0 Å². The van der Waals surface area contributed by atoms with Gasteiger partial charge in [-0.15, -0.1) is 10.2 Å². The van der Waals surface area contributed by atoms with Gasteiger partial charge in [-0.1, -0.05) is 17.4 Å². The molecule has 3 aromatic rings. The fourth-order valence-electron chi connectivity index (χ4n) is 3.81.